The standard InChI is InChI=1S/C14H18F2N2O2/c1-14(2)8-17-6-7-18(14)10-5-4-9(13(19)20-3)11(15)12(10)16/h4-5,17H,6-8H2,1-3H3. The molecule has 2 rings (SSSR count). The van der Waals surface area contributed by atoms with Crippen LogP contribution in [0.1, 0.15) is 24.2 Å². The molecule has 1 heterocycles. The maximum atomic E-state index is 14.2. The SMILES string of the molecule is COC(=O)c1ccc(N2CCNCC2(C)C)c(F)c1F. The Morgan fingerprint density at radius 3 is 2.65 bits per heavy atom. The van der Waals surface area contributed by atoms with Crippen LogP contribution in [0.5, 0.6) is 0 Å². The zero-order valence-corrected chi connectivity index (χ0v) is 11.8. The molecule has 1 aliphatic heterocycles. The summed E-state index contributed by atoms with van der Waals surface area (Å²) >= 11 is 0. The van der Waals surface area contributed by atoms with Crippen LogP contribution >= 0.6 is 0 Å². The van der Waals surface area contributed by atoms with Crippen molar-refractivity contribution in [3.8, 4) is 0 Å². The van der Waals surface area contributed by atoms with Crippen LogP contribution < -0.4 is 10.2 Å². The molecule has 4 nitrogen and oxygen atoms in total. The number of anilines is 1. The van der Waals surface area contributed by atoms with E-state index in [4.69, 9.17) is 0 Å². The summed E-state index contributed by atoms with van der Waals surface area (Å²) in [6.07, 6.45) is 0. The molecule has 1 N–H and O–H groups in total. The summed E-state index contributed by atoms with van der Waals surface area (Å²) < 4.78 is 32.7. The average molecular weight is 284 g/mol. The van der Waals surface area contributed by atoms with Crippen molar-refractivity contribution in [3.63, 3.8) is 0 Å². The molecule has 1 fully saturated rings. The molecule has 0 aliphatic carbocycles. The number of methoxy groups -OCH3 is 1. The van der Waals surface area contributed by atoms with Crippen molar-refractivity contribution in [1.29, 1.82) is 0 Å². The molecular formula is C14H18F2N2O2. The van der Waals surface area contributed by atoms with Crippen LogP contribution in [0.15, 0.2) is 12.1 Å². The highest BCUT2D eigenvalue weighted by Gasteiger charge is 2.33. The van der Waals surface area contributed by atoms with E-state index < -0.39 is 17.6 Å². The monoisotopic (exact) mass is 284 g/mol. The average Bonchev–Trinajstić information content (AvgIpc) is 2.41. The number of carbonyl (C=O) groups is 1. The molecule has 1 aromatic carbocycles. The van der Waals surface area contributed by atoms with Crippen LogP contribution in [-0.2, 0) is 4.74 Å². The van der Waals surface area contributed by atoms with Crippen LogP contribution in [0.25, 0.3) is 0 Å². The van der Waals surface area contributed by atoms with Crippen molar-refractivity contribution in [2.24, 2.45) is 0 Å². The Balaban J connectivity index is 2.43. The normalized spacial score (nSPS) is 17.9. The maximum absolute atomic E-state index is 14.2. The Kier molecular flexibility index (Phi) is 3.94. The van der Waals surface area contributed by atoms with Gasteiger partial charge in [0.2, 0.25) is 0 Å². The largest absolute Gasteiger partial charge is 0.465 e. The summed E-state index contributed by atoms with van der Waals surface area (Å²) in [6, 6.07) is 2.69. The van der Waals surface area contributed by atoms with Crippen molar-refractivity contribution >= 4 is 11.7 Å². The highest BCUT2D eigenvalue weighted by Crippen LogP contribution is 2.30. The Morgan fingerprint density at radius 1 is 1.35 bits per heavy atom. The fraction of sp³-hybridized carbons (Fsp3) is 0.500. The van der Waals surface area contributed by atoms with Gasteiger partial charge in [0.1, 0.15) is 0 Å². The Bertz CT molecular complexity index is 532. The highest BCUT2D eigenvalue weighted by atomic mass is 19.2. The second-order valence-corrected chi connectivity index (χ2v) is 5.39. The Labute approximate surface area is 116 Å². The second-order valence-electron chi connectivity index (χ2n) is 5.39. The summed E-state index contributed by atoms with van der Waals surface area (Å²) in [6.45, 7) is 5.84. The minimum absolute atomic E-state index is 0.168. The number of hydrogen-bond acceptors (Lipinski definition) is 4. The molecule has 1 aromatic rings. The number of nitrogens with one attached hydrogen (secondary N) is 1. The van der Waals surface area contributed by atoms with Gasteiger partial charge in [-0.05, 0) is 26.0 Å². The van der Waals surface area contributed by atoms with Gasteiger partial charge in [-0.2, -0.15) is 0 Å². The minimum Gasteiger partial charge on any atom is -0.465 e. The van der Waals surface area contributed by atoms with Gasteiger partial charge in [-0.3, -0.25) is 0 Å². The van der Waals surface area contributed by atoms with E-state index in [1.807, 2.05) is 18.7 Å². The smallest absolute Gasteiger partial charge is 0.340 e. The number of halogens is 2. The summed E-state index contributed by atoms with van der Waals surface area (Å²) in [5.74, 6) is -3.06. The van der Waals surface area contributed by atoms with Gasteiger partial charge in [0.15, 0.2) is 11.6 Å². The van der Waals surface area contributed by atoms with Gasteiger partial charge < -0.3 is 15.0 Å². The van der Waals surface area contributed by atoms with Crippen molar-refractivity contribution in [3.05, 3.63) is 29.3 Å². The molecule has 0 aromatic heterocycles. The van der Waals surface area contributed by atoms with Gasteiger partial charge >= 0.3 is 5.97 Å². The van der Waals surface area contributed by atoms with E-state index in [0.29, 0.717) is 19.6 Å². The van der Waals surface area contributed by atoms with Gasteiger partial charge in [-0.25, -0.2) is 13.6 Å². The molecule has 0 amide bonds. The van der Waals surface area contributed by atoms with Crippen LogP contribution in [0, 0.1) is 11.6 Å². The minimum atomic E-state index is -1.16. The molecule has 0 saturated carbocycles. The quantitative estimate of drug-likeness (QED) is 0.843. The van der Waals surface area contributed by atoms with E-state index in [2.05, 4.69) is 10.1 Å². The number of ether oxygens (including phenoxy) is 1. The van der Waals surface area contributed by atoms with Crippen molar-refractivity contribution in [2.75, 3.05) is 31.6 Å². The molecule has 0 atom stereocenters. The molecule has 1 saturated heterocycles. The molecule has 20 heavy (non-hydrogen) atoms. The van der Waals surface area contributed by atoms with Crippen molar-refractivity contribution < 1.29 is 18.3 Å². The number of carbonyl (C=O) groups excluding carboxylic acids is 1. The van der Waals surface area contributed by atoms with E-state index in [1.54, 1.807) is 0 Å². The fourth-order valence-electron chi connectivity index (χ4n) is 2.45. The first-order chi connectivity index (χ1) is 9.38. The van der Waals surface area contributed by atoms with Gasteiger partial charge in [0, 0.05) is 25.2 Å². The van der Waals surface area contributed by atoms with Crippen molar-refractivity contribution in [1.82, 2.24) is 5.32 Å². The zero-order valence-electron chi connectivity index (χ0n) is 11.8. The molecule has 0 bridgehead atoms. The van der Waals surface area contributed by atoms with Crippen LogP contribution in [0.4, 0.5) is 14.5 Å². The number of rotatable bonds is 2. The molecule has 0 unspecified atom stereocenters. The summed E-state index contributed by atoms with van der Waals surface area (Å²) in [5, 5.41) is 3.22. The first kappa shape index (κ1) is 14.7. The lowest BCUT2D eigenvalue weighted by Gasteiger charge is -2.44. The number of benzene rings is 1. The second kappa shape index (κ2) is 5.36. The van der Waals surface area contributed by atoms with E-state index in [0.717, 1.165) is 7.11 Å². The molecule has 0 spiro atoms. The third-order valence-electron chi connectivity index (χ3n) is 3.56. The van der Waals surface area contributed by atoms with E-state index in [1.165, 1.54) is 12.1 Å². The Morgan fingerprint density at radius 2 is 2.05 bits per heavy atom. The molecule has 0 radical (unpaired) electrons. The van der Waals surface area contributed by atoms with E-state index >= 15 is 0 Å². The number of nitrogens with zero attached hydrogens (tertiary/aromatic N) is 1. The molecule has 6 heteroatoms. The topological polar surface area (TPSA) is 41.6 Å². The predicted octanol–water partition coefficient (Wildman–Crippen LogP) is 1.94. The highest BCUT2D eigenvalue weighted by molar-refractivity contribution is 5.90. The third-order valence-corrected chi connectivity index (χ3v) is 3.56. The van der Waals surface area contributed by atoms with Crippen LogP contribution in [-0.4, -0.2) is 38.3 Å². The number of esters is 1. The lowest BCUT2D eigenvalue weighted by molar-refractivity contribution is 0.0594. The zero-order chi connectivity index (χ0) is 14.9. The first-order valence-corrected chi connectivity index (χ1v) is 6.43. The lowest BCUT2D eigenvalue weighted by atomic mass is 9.98. The van der Waals surface area contributed by atoms with Crippen LogP contribution in [0.3, 0.4) is 0 Å². The number of piperazine rings is 1. The summed E-state index contributed by atoms with van der Waals surface area (Å²) in [4.78, 5) is 13.2. The molecule has 110 valence electrons. The summed E-state index contributed by atoms with van der Waals surface area (Å²) in [5.41, 5.74) is -0.554. The van der Waals surface area contributed by atoms with E-state index in [-0.39, 0.29) is 16.8 Å². The van der Waals surface area contributed by atoms with Gasteiger partial charge in [0.05, 0.1) is 18.4 Å². The fourth-order valence-corrected chi connectivity index (χ4v) is 2.45. The van der Waals surface area contributed by atoms with Crippen molar-refractivity contribution in [2.45, 2.75) is 19.4 Å². The number of hydrogen-bond donors (Lipinski definition) is 1. The van der Waals surface area contributed by atoms with E-state index in [9.17, 15) is 13.6 Å². The van der Waals surface area contributed by atoms with Gasteiger partial charge in [-0.15, -0.1) is 0 Å². The Hall–Kier alpha value is -1.69. The third kappa shape index (κ3) is 2.47. The molecule has 1 aliphatic rings. The van der Waals surface area contributed by atoms with Gasteiger partial charge in [0.25, 0.3) is 0 Å². The maximum Gasteiger partial charge on any atom is 0.340 e. The first-order valence-electron chi connectivity index (χ1n) is 6.43. The van der Waals surface area contributed by atoms with Crippen LogP contribution in [0.2, 0.25) is 0 Å². The molecular weight excluding hydrogens is 266 g/mol. The lowest BCUT2D eigenvalue weighted by Crippen LogP contribution is -2.58. The predicted molar refractivity (Wildman–Crippen MR) is 72.0 cm³/mol. The van der Waals surface area contributed by atoms with Gasteiger partial charge in [-0.1, -0.05) is 0 Å². The summed E-state index contributed by atoms with van der Waals surface area (Å²) in [7, 11) is 1.13.